The molecule has 0 bridgehead atoms. The molecule has 0 atom stereocenters. The summed E-state index contributed by atoms with van der Waals surface area (Å²) >= 11 is 0. The van der Waals surface area contributed by atoms with Gasteiger partial charge in [-0.1, -0.05) is 0 Å². The molecule has 0 amide bonds. The first kappa shape index (κ1) is 13.2. The maximum atomic E-state index is 12.4. The number of nitrogens with two attached hydrogens (primary N) is 1. The minimum absolute atomic E-state index is 0.320. The van der Waals surface area contributed by atoms with Gasteiger partial charge in [0, 0.05) is 6.20 Å². The highest BCUT2D eigenvalue weighted by molar-refractivity contribution is 7.62. The molecule has 0 saturated heterocycles. The van der Waals surface area contributed by atoms with Crippen molar-refractivity contribution in [1.82, 2.24) is 4.98 Å². The average molecular weight is 244 g/mol. The van der Waals surface area contributed by atoms with Gasteiger partial charge in [0.2, 0.25) is 0 Å². The maximum absolute atomic E-state index is 12.4. The van der Waals surface area contributed by atoms with E-state index in [2.05, 4.69) is 4.98 Å². The predicted octanol–water partition coefficient (Wildman–Crippen LogP) is 1.86. The number of anilines is 1. The molecule has 6 heteroatoms. The summed E-state index contributed by atoms with van der Waals surface area (Å²) < 4.78 is 22.8. The van der Waals surface area contributed by atoms with E-state index in [0.29, 0.717) is 24.3 Å². The minimum atomic E-state index is -3.24. The van der Waals surface area contributed by atoms with Gasteiger partial charge in [-0.05, 0) is 32.4 Å². The molecule has 1 aromatic rings. The van der Waals surface area contributed by atoms with Crippen LogP contribution in [-0.2, 0) is 13.6 Å². The molecular formula is C10H17N2O3P. The third-order valence-electron chi connectivity index (χ3n) is 2.02. The van der Waals surface area contributed by atoms with Gasteiger partial charge < -0.3 is 14.8 Å². The lowest BCUT2D eigenvalue weighted by atomic mass is 10.3. The summed E-state index contributed by atoms with van der Waals surface area (Å²) in [4.78, 5) is 3.95. The maximum Gasteiger partial charge on any atom is 0.362 e. The summed E-state index contributed by atoms with van der Waals surface area (Å²) in [6.45, 7) is 5.97. The first-order valence-electron chi connectivity index (χ1n) is 5.15. The number of aromatic nitrogens is 1. The van der Waals surface area contributed by atoms with Crippen LogP contribution >= 0.6 is 7.60 Å². The minimum Gasteiger partial charge on any atom is -0.383 e. The van der Waals surface area contributed by atoms with Crippen LogP contribution in [-0.4, -0.2) is 18.2 Å². The van der Waals surface area contributed by atoms with Crippen LogP contribution in [0.25, 0.3) is 0 Å². The van der Waals surface area contributed by atoms with E-state index in [1.54, 1.807) is 26.8 Å². The van der Waals surface area contributed by atoms with Crippen molar-refractivity contribution in [2.75, 3.05) is 18.9 Å². The molecule has 0 aliphatic rings. The quantitative estimate of drug-likeness (QED) is 0.800. The van der Waals surface area contributed by atoms with Crippen molar-refractivity contribution in [3.8, 4) is 0 Å². The highest BCUT2D eigenvalue weighted by Gasteiger charge is 2.27. The first-order valence-corrected chi connectivity index (χ1v) is 6.69. The van der Waals surface area contributed by atoms with Crippen LogP contribution in [0.4, 0.5) is 5.82 Å². The molecule has 5 nitrogen and oxygen atoms in total. The number of hydrogen-bond acceptors (Lipinski definition) is 5. The van der Waals surface area contributed by atoms with Crippen LogP contribution in [0.2, 0.25) is 0 Å². The smallest absolute Gasteiger partial charge is 0.362 e. The predicted molar refractivity (Wildman–Crippen MR) is 63.9 cm³/mol. The van der Waals surface area contributed by atoms with Crippen LogP contribution in [0.15, 0.2) is 12.3 Å². The second-order valence-corrected chi connectivity index (χ2v) is 5.26. The normalized spacial score (nSPS) is 11.7. The van der Waals surface area contributed by atoms with E-state index < -0.39 is 7.60 Å². The summed E-state index contributed by atoms with van der Waals surface area (Å²) in [5, 5.41) is 0.447. The first-order chi connectivity index (χ1) is 7.53. The number of hydrogen-bond donors (Lipinski definition) is 1. The van der Waals surface area contributed by atoms with E-state index in [9.17, 15) is 4.57 Å². The zero-order valence-electron chi connectivity index (χ0n) is 9.77. The van der Waals surface area contributed by atoms with Crippen LogP contribution in [0.1, 0.15) is 19.4 Å². The molecule has 1 heterocycles. The number of pyridine rings is 1. The van der Waals surface area contributed by atoms with Crippen LogP contribution in [0, 0.1) is 6.92 Å². The van der Waals surface area contributed by atoms with Gasteiger partial charge in [0.1, 0.15) is 5.82 Å². The molecule has 0 aliphatic carbocycles. The highest BCUT2D eigenvalue weighted by Crippen LogP contribution is 2.46. The largest absolute Gasteiger partial charge is 0.383 e. The van der Waals surface area contributed by atoms with Crippen molar-refractivity contribution in [3.63, 3.8) is 0 Å². The zero-order valence-corrected chi connectivity index (χ0v) is 10.7. The van der Waals surface area contributed by atoms with Crippen molar-refractivity contribution in [3.05, 3.63) is 17.8 Å². The number of rotatable bonds is 5. The number of nitrogen functional groups attached to an aromatic ring is 1. The van der Waals surface area contributed by atoms with Gasteiger partial charge in [-0.15, -0.1) is 0 Å². The second kappa shape index (κ2) is 5.43. The summed E-state index contributed by atoms with van der Waals surface area (Å²) in [6.07, 6.45) is 1.44. The molecule has 0 unspecified atom stereocenters. The van der Waals surface area contributed by atoms with E-state index in [1.807, 2.05) is 0 Å². The summed E-state index contributed by atoms with van der Waals surface area (Å²) in [6, 6.07) is 1.69. The molecular weight excluding hydrogens is 227 g/mol. The summed E-state index contributed by atoms with van der Waals surface area (Å²) in [5.74, 6) is 0.420. The molecule has 0 spiro atoms. The molecule has 0 aliphatic heterocycles. The van der Waals surface area contributed by atoms with Gasteiger partial charge in [-0.25, -0.2) is 4.98 Å². The van der Waals surface area contributed by atoms with E-state index in [1.165, 1.54) is 6.20 Å². The van der Waals surface area contributed by atoms with Gasteiger partial charge in [0.25, 0.3) is 0 Å². The molecule has 0 aromatic carbocycles. The van der Waals surface area contributed by atoms with Gasteiger partial charge >= 0.3 is 7.60 Å². The SMILES string of the molecule is CCOP(=O)(OCC)c1cnc(N)c(C)c1. The molecule has 2 N–H and O–H groups in total. The Balaban J connectivity index is 3.11. The standard InChI is InChI=1S/C10H17N2O3P/c1-4-14-16(13,15-5-2)9-6-8(3)10(11)12-7-9/h6-7H,4-5H2,1-3H3,(H2,11,12). The Morgan fingerprint density at radius 3 is 2.38 bits per heavy atom. The Labute approximate surface area is 95.5 Å². The van der Waals surface area contributed by atoms with Crippen molar-refractivity contribution < 1.29 is 13.6 Å². The Bertz CT molecular complexity index is 399. The van der Waals surface area contributed by atoms with Gasteiger partial charge in [-0.3, -0.25) is 4.57 Å². The summed E-state index contributed by atoms with van der Waals surface area (Å²) in [5.41, 5.74) is 6.36. The van der Waals surface area contributed by atoms with Crippen LogP contribution in [0.5, 0.6) is 0 Å². The fourth-order valence-corrected chi connectivity index (χ4v) is 2.85. The molecule has 1 aromatic heterocycles. The third kappa shape index (κ3) is 2.82. The highest BCUT2D eigenvalue weighted by atomic mass is 31.2. The van der Waals surface area contributed by atoms with Crippen molar-refractivity contribution in [1.29, 1.82) is 0 Å². The Morgan fingerprint density at radius 1 is 1.38 bits per heavy atom. The monoisotopic (exact) mass is 244 g/mol. The second-order valence-electron chi connectivity index (χ2n) is 3.23. The molecule has 90 valence electrons. The van der Waals surface area contributed by atoms with Gasteiger partial charge in [0.05, 0.1) is 18.5 Å². The lowest BCUT2D eigenvalue weighted by Crippen LogP contribution is -2.13. The molecule has 16 heavy (non-hydrogen) atoms. The Kier molecular flexibility index (Phi) is 4.47. The van der Waals surface area contributed by atoms with Gasteiger partial charge in [0.15, 0.2) is 0 Å². The Morgan fingerprint density at radius 2 is 1.94 bits per heavy atom. The van der Waals surface area contributed by atoms with Crippen LogP contribution in [0.3, 0.4) is 0 Å². The lowest BCUT2D eigenvalue weighted by molar-refractivity contribution is 0.230. The van der Waals surface area contributed by atoms with E-state index in [4.69, 9.17) is 14.8 Å². The van der Waals surface area contributed by atoms with Crippen molar-refractivity contribution in [2.45, 2.75) is 20.8 Å². The topological polar surface area (TPSA) is 74.4 Å². The van der Waals surface area contributed by atoms with E-state index >= 15 is 0 Å². The Hall–Kier alpha value is -0.900. The molecule has 1 rings (SSSR count). The number of aryl methyl sites for hydroxylation is 1. The molecule has 0 fully saturated rings. The van der Waals surface area contributed by atoms with Crippen molar-refractivity contribution in [2.24, 2.45) is 0 Å². The molecule has 0 radical (unpaired) electrons. The average Bonchev–Trinajstić information content (AvgIpc) is 2.22. The van der Waals surface area contributed by atoms with Crippen molar-refractivity contribution >= 4 is 18.7 Å². The van der Waals surface area contributed by atoms with Gasteiger partial charge in [-0.2, -0.15) is 0 Å². The third-order valence-corrected chi connectivity index (χ3v) is 4.09. The summed E-state index contributed by atoms with van der Waals surface area (Å²) in [7, 11) is -3.24. The number of nitrogens with zero attached hydrogens (tertiary/aromatic N) is 1. The van der Waals surface area contributed by atoms with E-state index in [-0.39, 0.29) is 0 Å². The molecule has 0 saturated carbocycles. The van der Waals surface area contributed by atoms with E-state index in [0.717, 1.165) is 5.56 Å². The lowest BCUT2D eigenvalue weighted by Gasteiger charge is -2.17. The van der Waals surface area contributed by atoms with Crippen LogP contribution < -0.4 is 11.0 Å². The fourth-order valence-electron chi connectivity index (χ4n) is 1.25. The zero-order chi connectivity index (χ0) is 12.2. The fraction of sp³-hybridized carbons (Fsp3) is 0.500.